The Bertz CT molecular complexity index is 368. The quantitative estimate of drug-likeness (QED) is 0.746. The summed E-state index contributed by atoms with van der Waals surface area (Å²) in [6, 6.07) is 1.83. The monoisotopic (exact) mass is 241 g/mol. The van der Waals surface area contributed by atoms with E-state index in [1.807, 2.05) is 25.3 Å². The van der Waals surface area contributed by atoms with Crippen molar-refractivity contribution in [3.8, 4) is 0 Å². The largest absolute Gasteiger partial charge is 0.314 e. The van der Waals surface area contributed by atoms with E-state index < -0.39 is 0 Å². The molecule has 0 aliphatic carbocycles. The van der Waals surface area contributed by atoms with Crippen LogP contribution in [0.3, 0.4) is 0 Å². The van der Waals surface area contributed by atoms with Gasteiger partial charge in [-0.1, -0.05) is 6.08 Å². The summed E-state index contributed by atoms with van der Waals surface area (Å²) >= 11 is 3.23. The Morgan fingerprint density at radius 2 is 2.38 bits per heavy atom. The third kappa shape index (κ3) is 2.56. The van der Waals surface area contributed by atoms with Crippen molar-refractivity contribution in [1.29, 1.82) is 0 Å². The predicted molar refractivity (Wildman–Crippen MR) is 58.0 cm³/mol. The topological polar surface area (TPSA) is 22.0 Å². The number of halogens is 1. The summed E-state index contributed by atoms with van der Waals surface area (Å²) in [6.07, 6.45) is 4.48. The molecule has 2 nitrogen and oxygen atoms in total. The van der Waals surface area contributed by atoms with Gasteiger partial charge in [-0.2, -0.15) is 0 Å². The molecule has 70 valence electrons. The second-order valence-corrected chi connectivity index (χ2v) is 3.80. The molecule has 0 saturated heterocycles. The van der Waals surface area contributed by atoms with Crippen molar-refractivity contribution in [1.82, 2.24) is 4.57 Å². The Hall–Kier alpha value is -0.830. The SMILES string of the molecule is C=CCCn1cc(C)cc(Br)c1=O. The van der Waals surface area contributed by atoms with Crippen LogP contribution in [0.1, 0.15) is 12.0 Å². The van der Waals surface area contributed by atoms with Crippen LogP contribution in [0.5, 0.6) is 0 Å². The first-order valence-electron chi connectivity index (χ1n) is 4.12. The van der Waals surface area contributed by atoms with E-state index in [4.69, 9.17) is 0 Å². The maximum absolute atomic E-state index is 11.5. The Kier molecular flexibility index (Phi) is 3.48. The van der Waals surface area contributed by atoms with Crippen molar-refractivity contribution in [2.75, 3.05) is 0 Å². The van der Waals surface area contributed by atoms with Crippen LogP contribution in [-0.2, 0) is 6.54 Å². The van der Waals surface area contributed by atoms with E-state index in [0.29, 0.717) is 11.0 Å². The van der Waals surface area contributed by atoms with Gasteiger partial charge in [-0.3, -0.25) is 4.79 Å². The van der Waals surface area contributed by atoms with E-state index in [0.717, 1.165) is 12.0 Å². The molecule has 0 radical (unpaired) electrons. The lowest BCUT2D eigenvalue weighted by Crippen LogP contribution is -2.20. The zero-order valence-electron chi connectivity index (χ0n) is 7.59. The minimum Gasteiger partial charge on any atom is -0.314 e. The van der Waals surface area contributed by atoms with Crippen molar-refractivity contribution < 1.29 is 0 Å². The summed E-state index contributed by atoms with van der Waals surface area (Å²) in [5.41, 5.74) is 1.10. The van der Waals surface area contributed by atoms with Crippen LogP contribution < -0.4 is 5.56 Å². The summed E-state index contributed by atoms with van der Waals surface area (Å²) in [7, 11) is 0. The van der Waals surface area contributed by atoms with Gasteiger partial charge in [-0.15, -0.1) is 6.58 Å². The molecule has 0 N–H and O–H groups in total. The molecule has 0 unspecified atom stereocenters. The van der Waals surface area contributed by atoms with Crippen LogP contribution in [0.4, 0.5) is 0 Å². The van der Waals surface area contributed by atoms with Crippen molar-refractivity contribution in [2.45, 2.75) is 19.9 Å². The summed E-state index contributed by atoms with van der Waals surface area (Å²) in [5.74, 6) is 0. The van der Waals surface area contributed by atoms with Crippen molar-refractivity contribution in [3.05, 3.63) is 45.3 Å². The third-order valence-electron chi connectivity index (χ3n) is 1.75. The number of pyridine rings is 1. The van der Waals surface area contributed by atoms with Crippen LogP contribution in [-0.4, -0.2) is 4.57 Å². The fraction of sp³-hybridized carbons (Fsp3) is 0.300. The van der Waals surface area contributed by atoms with Crippen LogP contribution in [0.2, 0.25) is 0 Å². The molecule has 1 aromatic rings. The number of allylic oxidation sites excluding steroid dienone is 1. The molecule has 1 aromatic heterocycles. The van der Waals surface area contributed by atoms with Gasteiger partial charge >= 0.3 is 0 Å². The van der Waals surface area contributed by atoms with Gasteiger partial charge in [0.1, 0.15) is 0 Å². The van der Waals surface area contributed by atoms with Gasteiger partial charge in [0.2, 0.25) is 0 Å². The molecule has 0 aliphatic heterocycles. The van der Waals surface area contributed by atoms with Crippen LogP contribution in [0.15, 0.2) is 34.2 Å². The normalized spacial score (nSPS) is 10.0. The number of aryl methyl sites for hydroxylation is 2. The first-order valence-corrected chi connectivity index (χ1v) is 4.92. The Balaban J connectivity index is 3.05. The Morgan fingerprint density at radius 1 is 1.69 bits per heavy atom. The second kappa shape index (κ2) is 4.42. The summed E-state index contributed by atoms with van der Waals surface area (Å²) in [5, 5.41) is 0. The van der Waals surface area contributed by atoms with Gasteiger partial charge in [0, 0.05) is 12.7 Å². The van der Waals surface area contributed by atoms with Gasteiger partial charge in [-0.05, 0) is 40.9 Å². The highest BCUT2D eigenvalue weighted by Crippen LogP contribution is 2.05. The fourth-order valence-corrected chi connectivity index (χ4v) is 1.73. The van der Waals surface area contributed by atoms with Crippen LogP contribution in [0, 0.1) is 6.92 Å². The lowest BCUT2D eigenvalue weighted by molar-refractivity contribution is 0.675. The summed E-state index contributed by atoms with van der Waals surface area (Å²) in [6.45, 7) is 6.29. The van der Waals surface area contributed by atoms with Crippen molar-refractivity contribution in [3.63, 3.8) is 0 Å². The number of rotatable bonds is 3. The van der Waals surface area contributed by atoms with Gasteiger partial charge in [-0.25, -0.2) is 0 Å². The standard InChI is InChI=1S/C10H12BrNO/c1-3-4-5-12-7-8(2)6-9(11)10(12)13/h3,6-7H,1,4-5H2,2H3. The maximum Gasteiger partial charge on any atom is 0.264 e. The van der Waals surface area contributed by atoms with E-state index in [9.17, 15) is 4.79 Å². The van der Waals surface area contributed by atoms with E-state index in [2.05, 4.69) is 22.5 Å². The molecule has 0 aromatic carbocycles. The van der Waals surface area contributed by atoms with E-state index >= 15 is 0 Å². The maximum atomic E-state index is 11.5. The molecule has 0 fully saturated rings. The number of nitrogens with zero attached hydrogens (tertiary/aromatic N) is 1. The smallest absolute Gasteiger partial charge is 0.264 e. The lowest BCUT2D eigenvalue weighted by Gasteiger charge is -2.05. The van der Waals surface area contributed by atoms with E-state index in [1.165, 1.54) is 0 Å². The highest BCUT2D eigenvalue weighted by Gasteiger charge is 2.00. The predicted octanol–water partition coefficient (Wildman–Crippen LogP) is 2.50. The molecule has 1 rings (SSSR count). The van der Waals surface area contributed by atoms with Crippen LogP contribution in [0.25, 0.3) is 0 Å². The number of hydrogen-bond donors (Lipinski definition) is 0. The molecule has 0 amide bonds. The molecule has 13 heavy (non-hydrogen) atoms. The minimum atomic E-state index is 0.0208. The zero-order chi connectivity index (χ0) is 9.84. The second-order valence-electron chi connectivity index (χ2n) is 2.94. The lowest BCUT2D eigenvalue weighted by atomic mass is 10.3. The van der Waals surface area contributed by atoms with E-state index in [1.54, 1.807) is 4.57 Å². The first-order chi connectivity index (χ1) is 6.15. The summed E-state index contributed by atoms with van der Waals surface area (Å²) < 4.78 is 2.32. The molecule has 3 heteroatoms. The van der Waals surface area contributed by atoms with Gasteiger partial charge in [0.25, 0.3) is 5.56 Å². The Labute approximate surface area is 86.0 Å². The molecule has 0 spiro atoms. The molecule has 0 aliphatic rings. The third-order valence-corrected chi connectivity index (χ3v) is 2.32. The number of aromatic nitrogens is 1. The molecular formula is C10H12BrNO. The summed E-state index contributed by atoms with van der Waals surface area (Å²) in [4.78, 5) is 11.5. The van der Waals surface area contributed by atoms with Gasteiger partial charge in [0.05, 0.1) is 4.47 Å². The van der Waals surface area contributed by atoms with Crippen molar-refractivity contribution >= 4 is 15.9 Å². The highest BCUT2D eigenvalue weighted by atomic mass is 79.9. The highest BCUT2D eigenvalue weighted by molar-refractivity contribution is 9.10. The molecule has 1 heterocycles. The molecule has 0 atom stereocenters. The first kappa shape index (κ1) is 10.3. The zero-order valence-corrected chi connectivity index (χ0v) is 9.17. The van der Waals surface area contributed by atoms with Crippen LogP contribution >= 0.6 is 15.9 Å². The molecule has 0 bridgehead atoms. The Morgan fingerprint density at radius 3 is 3.00 bits per heavy atom. The number of hydrogen-bond acceptors (Lipinski definition) is 1. The van der Waals surface area contributed by atoms with Gasteiger partial charge < -0.3 is 4.57 Å². The average Bonchev–Trinajstić information content (AvgIpc) is 2.09. The molecule has 0 saturated carbocycles. The molecular weight excluding hydrogens is 230 g/mol. The van der Waals surface area contributed by atoms with Crippen molar-refractivity contribution in [2.24, 2.45) is 0 Å². The minimum absolute atomic E-state index is 0.0208. The van der Waals surface area contributed by atoms with E-state index in [-0.39, 0.29) is 5.56 Å². The average molecular weight is 242 g/mol. The van der Waals surface area contributed by atoms with Gasteiger partial charge in [0.15, 0.2) is 0 Å². The fourth-order valence-electron chi connectivity index (χ4n) is 1.14.